The third-order valence-electron chi connectivity index (χ3n) is 3.33. The van der Waals surface area contributed by atoms with Crippen molar-refractivity contribution in [1.82, 2.24) is 0 Å². The van der Waals surface area contributed by atoms with Crippen LogP contribution < -0.4 is 0 Å². The lowest BCUT2D eigenvalue weighted by Crippen LogP contribution is -2.33. The quantitative estimate of drug-likeness (QED) is 0.685. The first kappa shape index (κ1) is 12.6. The fraction of sp³-hybridized carbons (Fsp3) is 0.846. The molecule has 0 aromatic carbocycles. The predicted molar refractivity (Wildman–Crippen MR) is 62.6 cm³/mol. The number of aliphatic hydroxyl groups is 1. The normalized spacial score (nSPS) is 22.1. The Bertz CT molecular complexity index is 193. The molecule has 2 nitrogen and oxygen atoms in total. The Morgan fingerprint density at radius 2 is 2.00 bits per heavy atom. The summed E-state index contributed by atoms with van der Waals surface area (Å²) in [5.41, 5.74) is -0.455. The van der Waals surface area contributed by atoms with E-state index >= 15 is 0 Å². The number of hydrogen-bond donors (Lipinski definition) is 1. The van der Waals surface area contributed by atoms with Gasteiger partial charge in [-0.25, -0.2) is 0 Å². The molecule has 1 aliphatic rings. The average Bonchev–Trinajstić information content (AvgIpc) is 2.65. The molecular formula is C13H24O2. The molecule has 0 aromatic heterocycles. The first-order chi connectivity index (χ1) is 7.23. The molecule has 1 rings (SSSR count). The van der Waals surface area contributed by atoms with E-state index in [0.29, 0.717) is 6.61 Å². The maximum absolute atomic E-state index is 10.5. The topological polar surface area (TPSA) is 29.5 Å². The van der Waals surface area contributed by atoms with E-state index in [-0.39, 0.29) is 5.92 Å². The van der Waals surface area contributed by atoms with Gasteiger partial charge in [-0.1, -0.05) is 26.2 Å². The highest BCUT2D eigenvalue weighted by atomic mass is 16.5. The van der Waals surface area contributed by atoms with Crippen LogP contribution in [-0.2, 0) is 4.74 Å². The van der Waals surface area contributed by atoms with Crippen LogP contribution >= 0.6 is 0 Å². The van der Waals surface area contributed by atoms with Crippen molar-refractivity contribution in [3.05, 3.63) is 12.3 Å². The molecule has 0 saturated heterocycles. The number of hydrogen-bond acceptors (Lipinski definition) is 2. The minimum atomic E-state index is -0.455. The Balaban J connectivity index is 2.55. The molecule has 1 atom stereocenters. The van der Waals surface area contributed by atoms with E-state index in [9.17, 15) is 5.11 Å². The van der Waals surface area contributed by atoms with E-state index in [1.165, 1.54) is 12.8 Å². The average molecular weight is 212 g/mol. The van der Waals surface area contributed by atoms with E-state index in [4.69, 9.17) is 4.74 Å². The molecule has 0 radical (unpaired) electrons. The predicted octanol–water partition coefficient (Wildman–Crippen LogP) is 3.26. The molecule has 0 aliphatic heterocycles. The molecule has 0 amide bonds. The molecular weight excluding hydrogens is 188 g/mol. The third kappa shape index (κ3) is 3.53. The van der Waals surface area contributed by atoms with Crippen LogP contribution in [0.25, 0.3) is 0 Å². The van der Waals surface area contributed by atoms with Crippen molar-refractivity contribution in [2.75, 3.05) is 6.61 Å². The minimum absolute atomic E-state index is 0.275. The van der Waals surface area contributed by atoms with Crippen LogP contribution in [-0.4, -0.2) is 17.3 Å². The maximum atomic E-state index is 10.5. The van der Waals surface area contributed by atoms with Crippen LogP contribution in [0.4, 0.5) is 0 Å². The SMILES string of the molecule is CCCC(/C=C\OCC)C1(O)CCCC1. The standard InChI is InChI=1S/C13H24O2/c1-3-7-12(8-11-15-4-2)13(14)9-5-6-10-13/h8,11-12,14H,3-7,9-10H2,1-2H3/b11-8-. The van der Waals surface area contributed by atoms with Gasteiger partial charge in [-0.3, -0.25) is 0 Å². The first-order valence-electron chi connectivity index (χ1n) is 6.23. The smallest absolute Gasteiger partial charge is 0.0845 e. The molecule has 1 fully saturated rings. The summed E-state index contributed by atoms with van der Waals surface area (Å²) in [5.74, 6) is 0.275. The Labute approximate surface area is 93.3 Å². The van der Waals surface area contributed by atoms with E-state index in [2.05, 4.69) is 13.0 Å². The molecule has 1 aliphatic carbocycles. The minimum Gasteiger partial charge on any atom is -0.502 e. The van der Waals surface area contributed by atoms with Crippen molar-refractivity contribution in [3.63, 3.8) is 0 Å². The monoisotopic (exact) mass is 212 g/mol. The highest BCUT2D eigenvalue weighted by Crippen LogP contribution is 2.38. The zero-order valence-electron chi connectivity index (χ0n) is 10.0. The second-order valence-electron chi connectivity index (χ2n) is 4.49. The van der Waals surface area contributed by atoms with Gasteiger partial charge in [0.05, 0.1) is 18.5 Å². The highest BCUT2D eigenvalue weighted by molar-refractivity contribution is 4.99. The van der Waals surface area contributed by atoms with Crippen LogP contribution in [0.5, 0.6) is 0 Å². The Morgan fingerprint density at radius 3 is 2.53 bits per heavy atom. The molecule has 0 heterocycles. The van der Waals surface area contributed by atoms with Crippen molar-refractivity contribution in [2.45, 2.75) is 58.0 Å². The van der Waals surface area contributed by atoms with Gasteiger partial charge in [0.25, 0.3) is 0 Å². The van der Waals surface area contributed by atoms with Gasteiger partial charge in [-0.15, -0.1) is 0 Å². The Hall–Kier alpha value is -0.500. The van der Waals surface area contributed by atoms with Gasteiger partial charge >= 0.3 is 0 Å². The first-order valence-corrected chi connectivity index (χ1v) is 6.23. The summed E-state index contributed by atoms with van der Waals surface area (Å²) in [6, 6.07) is 0. The highest BCUT2D eigenvalue weighted by Gasteiger charge is 2.37. The zero-order chi connectivity index (χ0) is 11.1. The summed E-state index contributed by atoms with van der Waals surface area (Å²) in [6.07, 6.45) is 10.2. The summed E-state index contributed by atoms with van der Waals surface area (Å²) >= 11 is 0. The largest absolute Gasteiger partial charge is 0.502 e. The van der Waals surface area contributed by atoms with Crippen molar-refractivity contribution >= 4 is 0 Å². The molecule has 1 unspecified atom stereocenters. The maximum Gasteiger partial charge on any atom is 0.0845 e. The van der Waals surface area contributed by atoms with Gasteiger partial charge in [0.2, 0.25) is 0 Å². The summed E-state index contributed by atoms with van der Waals surface area (Å²) in [4.78, 5) is 0. The van der Waals surface area contributed by atoms with Crippen molar-refractivity contribution in [2.24, 2.45) is 5.92 Å². The van der Waals surface area contributed by atoms with Gasteiger partial charge < -0.3 is 9.84 Å². The lowest BCUT2D eigenvalue weighted by Gasteiger charge is -2.30. The molecule has 0 aromatic rings. The van der Waals surface area contributed by atoms with Gasteiger partial charge in [0.1, 0.15) is 0 Å². The molecule has 0 spiro atoms. The second kappa shape index (κ2) is 6.16. The van der Waals surface area contributed by atoms with Crippen LogP contribution in [0.2, 0.25) is 0 Å². The molecule has 0 bridgehead atoms. The van der Waals surface area contributed by atoms with E-state index < -0.39 is 5.60 Å². The van der Waals surface area contributed by atoms with Crippen molar-refractivity contribution in [3.8, 4) is 0 Å². The Kier molecular flexibility index (Phi) is 5.16. The van der Waals surface area contributed by atoms with E-state index in [1.807, 2.05) is 6.92 Å². The lowest BCUT2D eigenvalue weighted by atomic mass is 9.83. The summed E-state index contributed by atoms with van der Waals surface area (Å²) in [5, 5.41) is 10.5. The molecule has 1 N–H and O–H groups in total. The van der Waals surface area contributed by atoms with E-state index in [1.54, 1.807) is 6.26 Å². The fourth-order valence-corrected chi connectivity index (χ4v) is 2.46. The molecule has 88 valence electrons. The summed E-state index contributed by atoms with van der Waals surface area (Å²) < 4.78 is 5.22. The fourth-order valence-electron chi connectivity index (χ4n) is 2.46. The van der Waals surface area contributed by atoms with Crippen molar-refractivity contribution < 1.29 is 9.84 Å². The van der Waals surface area contributed by atoms with Crippen molar-refractivity contribution in [1.29, 1.82) is 0 Å². The second-order valence-corrected chi connectivity index (χ2v) is 4.49. The number of rotatable bonds is 6. The number of ether oxygens (including phenoxy) is 1. The van der Waals surface area contributed by atoms with Crippen LogP contribution in [0.3, 0.4) is 0 Å². The molecule has 15 heavy (non-hydrogen) atoms. The van der Waals surface area contributed by atoms with Gasteiger partial charge in [0.15, 0.2) is 0 Å². The van der Waals surface area contributed by atoms with Gasteiger partial charge in [-0.05, 0) is 32.3 Å². The molecule has 1 saturated carbocycles. The lowest BCUT2D eigenvalue weighted by molar-refractivity contribution is 0.00203. The summed E-state index contributed by atoms with van der Waals surface area (Å²) in [6.45, 7) is 4.84. The van der Waals surface area contributed by atoms with E-state index in [0.717, 1.165) is 25.7 Å². The molecule has 2 heteroatoms. The Morgan fingerprint density at radius 1 is 1.33 bits per heavy atom. The third-order valence-corrected chi connectivity index (χ3v) is 3.33. The van der Waals surface area contributed by atoms with Crippen LogP contribution in [0.1, 0.15) is 52.4 Å². The van der Waals surface area contributed by atoms with Gasteiger partial charge in [0, 0.05) is 5.92 Å². The summed E-state index contributed by atoms with van der Waals surface area (Å²) in [7, 11) is 0. The van der Waals surface area contributed by atoms with Crippen LogP contribution in [0, 0.1) is 5.92 Å². The van der Waals surface area contributed by atoms with Gasteiger partial charge in [-0.2, -0.15) is 0 Å². The van der Waals surface area contributed by atoms with Crippen LogP contribution in [0.15, 0.2) is 12.3 Å². The zero-order valence-corrected chi connectivity index (χ0v) is 10.0.